The average Bonchev–Trinajstić information content (AvgIpc) is 0.811. The van der Waals surface area contributed by atoms with Gasteiger partial charge in [-0.25, -0.2) is 0 Å². The largest absolute Gasteiger partial charge is 1.00 e. The minimum Gasteiger partial charge on any atom is -0.742 e. The quantitative estimate of drug-likeness (QED) is 0.238. The molecule has 0 fully saturated rings. The molecular weight excluding hydrogens is 95.1 g/mol. The summed E-state index contributed by atoms with van der Waals surface area (Å²) in [5.41, 5.74) is 0. The van der Waals surface area contributed by atoms with Gasteiger partial charge in [-0.05, 0) is 6.92 Å². The second-order valence-electron chi connectivity index (χ2n) is 0.492. The van der Waals surface area contributed by atoms with Gasteiger partial charge in [0.2, 0.25) is 0 Å². The van der Waals surface area contributed by atoms with E-state index in [4.69, 9.17) is 0 Å². The Bertz CT molecular complexity index is 32.6. The smallest absolute Gasteiger partial charge is 0.742 e. The van der Waals surface area contributed by atoms with Gasteiger partial charge in [0.05, 0.1) is 0 Å². The van der Waals surface area contributed by atoms with Crippen LogP contribution in [0.2, 0.25) is 0 Å². The third-order valence-corrected chi connectivity index (χ3v) is 0. The fourth-order valence-electron chi connectivity index (χ4n) is 0. The Morgan fingerprint density at radius 2 is 1.80 bits per heavy atom. The van der Waals surface area contributed by atoms with Crippen molar-refractivity contribution in [3.8, 4) is 0 Å². The second-order valence-corrected chi connectivity index (χ2v) is 1.07. The number of hydrogen-bond acceptors (Lipinski definition) is 2. The molecule has 0 aliphatic heterocycles. The van der Waals surface area contributed by atoms with Crippen LogP contribution in [0.5, 0.6) is 0 Å². The molecule has 0 heterocycles. The first-order valence-electron chi connectivity index (χ1n) is 0.908. The molecule has 0 saturated carbocycles. The molecule has 0 radical (unpaired) electrons. The van der Waals surface area contributed by atoms with E-state index in [0.29, 0.717) is 0 Å². The van der Waals surface area contributed by atoms with Crippen molar-refractivity contribution in [2.24, 2.45) is 0 Å². The molecule has 0 spiro atoms. The molecule has 0 aromatic heterocycles. The van der Waals surface area contributed by atoms with Crippen molar-refractivity contribution in [2.45, 2.75) is 6.92 Å². The summed E-state index contributed by atoms with van der Waals surface area (Å²) in [5.74, 6) is 0. The van der Waals surface area contributed by atoms with E-state index in [9.17, 15) is 4.79 Å². The van der Waals surface area contributed by atoms with Crippen LogP contribution in [0.3, 0.4) is 0 Å². The molecule has 3 heteroatoms. The van der Waals surface area contributed by atoms with Gasteiger partial charge < -0.3 is 17.4 Å². The van der Waals surface area contributed by atoms with Crippen molar-refractivity contribution in [2.75, 3.05) is 0 Å². The van der Waals surface area contributed by atoms with Crippen molar-refractivity contribution in [1.29, 1.82) is 0 Å². The van der Waals surface area contributed by atoms with E-state index in [1.165, 1.54) is 6.92 Å². The number of carbonyl (C=O) groups is 1. The topological polar surface area (TPSA) is 17.1 Å². The van der Waals surface area contributed by atoms with E-state index in [1.54, 1.807) is 0 Å². The minimum atomic E-state index is -0.250. The molecule has 0 aromatic carbocycles. The third-order valence-electron chi connectivity index (χ3n) is 0. The first kappa shape index (κ1) is 9.31. The number of hydrogen-bond donors (Lipinski definition) is 0. The van der Waals surface area contributed by atoms with Crippen molar-refractivity contribution >= 4 is 17.7 Å². The van der Waals surface area contributed by atoms with E-state index < -0.39 is 0 Å². The van der Waals surface area contributed by atoms with Gasteiger partial charge in [0.1, 0.15) is 0 Å². The van der Waals surface area contributed by atoms with Crippen LogP contribution >= 0.6 is 0 Å². The Labute approximate surface area is 58.8 Å². The maximum Gasteiger partial charge on any atom is 1.00 e. The van der Waals surface area contributed by atoms with Crippen molar-refractivity contribution < 1.29 is 34.4 Å². The fourth-order valence-corrected chi connectivity index (χ4v) is 0. The zero-order valence-corrected chi connectivity index (χ0v) is 6.13. The molecular formula is C2H3NaOS. The SMILES string of the molecule is CC(=O)[S-].[Na+]. The Morgan fingerprint density at radius 1 is 1.80 bits per heavy atom. The molecule has 0 rings (SSSR count). The Balaban J connectivity index is 0. The monoisotopic (exact) mass is 98.0 g/mol. The second kappa shape index (κ2) is 4.89. The van der Waals surface area contributed by atoms with E-state index in [0.717, 1.165) is 0 Å². The summed E-state index contributed by atoms with van der Waals surface area (Å²) in [6.07, 6.45) is 0. The normalized spacial score (nSPS) is 5.00. The maximum absolute atomic E-state index is 9.26. The summed E-state index contributed by atoms with van der Waals surface area (Å²) < 4.78 is 0. The molecule has 1 nitrogen and oxygen atoms in total. The third kappa shape index (κ3) is 51.6. The van der Waals surface area contributed by atoms with Crippen LogP contribution in [0, 0.1) is 0 Å². The first-order valence-corrected chi connectivity index (χ1v) is 1.32. The summed E-state index contributed by atoms with van der Waals surface area (Å²) in [7, 11) is 0. The van der Waals surface area contributed by atoms with Crippen LogP contribution < -0.4 is 29.6 Å². The average molecular weight is 98.1 g/mol. The zero-order chi connectivity index (χ0) is 3.58. The van der Waals surface area contributed by atoms with E-state index in [1.807, 2.05) is 0 Å². The maximum atomic E-state index is 9.26. The molecule has 0 bridgehead atoms. The predicted molar refractivity (Wildman–Crippen MR) is 18.0 cm³/mol. The van der Waals surface area contributed by atoms with Gasteiger partial charge in [-0.3, -0.25) is 0 Å². The van der Waals surface area contributed by atoms with Gasteiger partial charge in [-0.2, -0.15) is 0 Å². The molecule has 0 atom stereocenters. The van der Waals surface area contributed by atoms with E-state index in [-0.39, 0.29) is 34.7 Å². The van der Waals surface area contributed by atoms with Crippen molar-refractivity contribution in [3.63, 3.8) is 0 Å². The molecule has 0 unspecified atom stereocenters. The van der Waals surface area contributed by atoms with Gasteiger partial charge in [-0.15, -0.1) is 0 Å². The Kier molecular flexibility index (Phi) is 9.10. The molecule has 0 amide bonds. The molecule has 0 aliphatic carbocycles. The summed E-state index contributed by atoms with van der Waals surface area (Å²) in [6, 6.07) is 0. The van der Waals surface area contributed by atoms with Crippen LogP contribution in [0.15, 0.2) is 0 Å². The van der Waals surface area contributed by atoms with E-state index >= 15 is 0 Å². The van der Waals surface area contributed by atoms with Crippen LogP contribution in [0.4, 0.5) is 0 Å². The van der Waals surface area contributed by atoms with Crippen LogP contribution in [0.25, 0.3) is 0 Å². The predicted octanol–water partition coefficient (Wildman–Crippen LogP) is -2.92. The number of carbonyl (C=O) groups excluding carboxylic acids is 1. The fraction of sp³-hybridized carbons (Fsp3) is 0.500. The van der Waals surface area contributed by atoms with Gasteiger partial charge in [0, 0.05) is 5.12 Å². The van der Waals surface area contributed by atoms with Crippen molar-refractivity contribution in [3.05, 3.63) is 0 Å². The molecule has 5 heavy (non-hydrogen) atoms. The molecule has 0 aromatic rings. The molecule has 0 aliphatic rings. The van der Waals surface area contributed by atoms with Crippen LogP contribution in [0.1, 0.15) is 6.92 Å². The zero-order valence-electron chi connectivity index (χ0n) is 3.32. The van der Waals surface area contributed by atoms with Gasteiger partial charge in [0.25, 0.3) is 0 Å². The summed E-state index contributed by atoms with van der Waals surface area (Å²) in [6.45, 7) is 1.34. The van der Waals surface area contributed by atoms with Crippen LogP contribution in [-0.4, -0.2) is 5.12 Å². The standard InChI is InChI=1S/C2H4OS.Na/c1-2(3)4;/h1H3,(H,3,4);/q;+1/p-1. The molecule has 0 saturated heterocycles. The van der Waals surface area contributed by atoms with Crippen molar-refractivity contribution in [1.82, 2.24) is 0 Å². The first-order chi connectivity index (χ1) is 1.73. The number of rotatable bonds is 0. The molecule has 24 valence electrons. The Morgan fingerprint density at radius 3 is 1.80 bits per heavy atom. The van der Waals surface area contributed by atoms with Crippen LogP contribution in [-0.2, 0) is 17.4 Å². The van der Waals surface area contributed by atoms with E-state index in [2.05, 4.69) is 12.6 Å². The van der Waals surface area contributed by atoms with Gasteiger partial charge >= 0.3 is 29.6 Å². The summed E-state index contributed by atoms with van der Waals surface area (Å²) in [4.78, 5) is 9.26. The van der Waals surface area contributed by atoms with Gasteiger partial charge in [0.15, 0.2) is 0 Å². The summed E-state index contributed by atoms with van der Waals surface area (Å²) in [5, 5.41) is -0.250. The minimum absolute atomic E-state index is 0. The summed E-state index contributed by atoms with van der Waals surface area (Å²) >= 11 is 3.98. The molecule has 0 N–H and O–H groups in total. The Hall–Kier alpha value is 0.890. The van der Waals surface area contributed by atoms with Gasteiger partial charge in [-0.1, -0.05) is 0 Å².